The minimum absolute atomic E-state index is 0.0766. The van der Waals surface area contributed by atoms with E-state index in [-0.39, 0.29) is 11.8 Å². The van der Waals surface area contributed by atoms with Crippen LogP contribution in [0.1, 0.15) is 47.0 Å². The van der Waals surface area contributed by atoms with E-state index in [0.29, 0.717) is 19.0 Å². The number of nitrogens with zero attached hydrogens (tertiary/aromatic N) is 1. The fourth-order valence-electron chi connectivity index (χ4n) is 2.12. The lowest BCUT2D eigenvalue weighted by Gasteiger charge is -2.25. The summed E-state index contributed by atoms with van der Waals surface area (Å²) >= 11 is 0. The summed E-state index contributed by atoms with van der Waals surface area (Å²) in [5, 5.41) is 0. The van der Waals surface area contributed by atoms with E-state index in [9.17, 15) is 8.42 Å². The first-order valence-corrected chi connectivity index (χ1v) is 8.27. The molecule has 1 unspecified atom stereocenters. The van der Waals surface area contributed by atoms with Gasteiger partial charge in [-0.3, -0.25) is 0 Å². The first-order valence-electron chi connectivity index (χ1n) is 6.66. The van der Waals surface area contributed by atoms with Crippen molar-refractivity contribution in [2.75, 3.05) is 18.8 Å². The summed E-state index contributed by atoms with van der Waals surface area (Å²) in [6, 6.07) is -0.249. The SMILES string of the molecule is CCCN(CC)S(=O)(=O)CC(N)C(CC)CC. The molecule has 0 saturated heterocycles. The van der Waals surface area contributed by atoms with E-state index in [4.69, 9.17) is 5.73 Å². The Bertz CT molecular complexity index is 287. The Morgan fingerprint density at radius 3 is 2.00 bits per heavy atom. The van der Waals surface area contributed by atoms with Crippen LogP contribution in [0, 0.1) is 5.92 Å². The molecule has 0 heterocycles. The average Bonchev–Trinajstić information content (AvgIpc) is 2.26. The fourth-order valence-corrected chi connectivity index (χ4v) is 3.95. The molecule has 1 atom stereocenters. The molecule has 104 valence electrons. The van der Waals surface area contributed by atoms with Crippen molar-refractivity contribution < 1.29 is 8.42 Å². The van der Waals surface area contributed by atoms with E-state index in [2.05, 4.69) is 13.8 Å². The molecular weight excluding hydrogens is 236 g/mol. The van der Waals surface area contributed by atoms with Gasteiger partial charge in [-0.05, 0) is 12.3 Å². The number of hydrogen-bond acceptors (Lipinski definition) is 3. The second-order valence-corrected chi connectivity index (χ2v) is 6.52. The van der Waals surface area contributed by atoms with Crippen molar-refractivity contribution in [3.8, 4) is 0 Å². The zero-order chi connectivity index (χ0) is 13.5. The van der Waals surface area contributed by atoms with Gasteiger partial charge in [0.05, 0.1) is 5.75 Å². The third kappa shape index (κ3) is 5.36. The average molecular weight is 264 g/mol. The first kappa shape index (κ1) is 16.9. The monoisotopic (exact) mass is 264 g/mol. The Morgan fingerprint density at radius 2 is 1.65 bits per heavy atom. The third-order valence-corrected chi connectivity index (χ3v) is 5.31. The topological polar surface area (TPSA) is 63.4 Å². The molecule has 0 radical (unpaired) electrons. The number of hydrogen-bond donors (Lipinski definition) is 1. The molecule has 0 aliphatic heterocycles. The van der Waals surface area contributed by atoms with Crippen LogP contribution >= 0.6 is 0 Å². The van der Waals surface area contributed by atoms with Gasteiger partial charge in [0.2, 0.25) is 10.0 Å². The predicted molar refractivity (Wildman–Crippen MR) is 73.4 cm³/mol. The molecule has 0 aliphatic carbocycles. The third-order valence-electron chi connectivity index (χ3n) is 3.28. The fraction of sp³-hybridized carbons (Fsp3) is 1.00. The molecule has 5 heteroatoms. The Kier molecular flexibility index (Phi) is 8.00. The zero-order valence-corrected chi connectivity index (χ0v) is 12.5. The van der Waals surface area contributed by atoms with Gasteiger partial charge >= 0.3 is 0 Å². The minimum atomic E-state index is -3.19. The van der Waals surface area contributed by atoms with Crippen LogP contribution in [0.25, 0.3) is 0 Å². The van der Waals surface area contributed by atoms with E-state index in [1.54, 1.807) is 0 Å². The molecule has 0 aromatic carbocycles. The maximum Gasteiger partial charge on any atom is 0.215 e. The molecular formula is C12H28N2O2S. The van der Waals surface area contributed by atoms with Crippen LogP contribution in [0.2, 0.25) is 0 Å². The summed E-state index contributed by atoms with van der Waals surface area (Å²) in [7, 11) is -3.19. The molecule has 0 bridgehead atoms. The van der Waals surface area contributed by atoms with Crippen molar-refractivity contribution in [1.82, 2.24) is 4.31 Å². The normalized spacial score (nSPS) is 14.5. The van der Waals surface area contributed by atoms with Gasteiger partial charge in [-0.25, -0.2) is 12.7 Å². The standard InChI is InChI=1S/C12H28N2O2S/c1-5-9-14(8-4)17(15,16)10-12(13)11(6-2)7-3/h11-12H,5-10,13H2,1-4H3. The smallest absolute Gasteiger partial charge is 0.215 e. The van der Waals surface area contributed by atoms with E-state index in [0.717, 1.165) is 19.3 Å². The predicted octanol–water partition coefficient (Wildman–Crippen LogP) is 1.81. The van der Waals surface area contributed by atoms with Crippen LogP contribution in [0.5, 0.6) is 0 Å². The van der Waals surface area contributed by atoms with Crippen molar-refractivity contribution >= 4 is 10.0 Å². The minimum Gasteiger partial charge on any atom is -0.326 e. The number of nitrogens with two attached hydrogens (primary N) is 1. The Labute approximate surface area is 107 Å². The molecule has 0 aromatic heterocycles. The molecule has 0 fully saturated rings. The van der Waals surface area contributed by atoms with Gasteiger partial charge in [-0.1, -0.05) is 40.5 Å². The maximum atomic E-state index is 12.1. The van der Waals surface area contributed by atoms with Gasteiger partial charge in [-0.15, -0.1) is 0 Å². The summed E-state index contributed by atoms with van der Waals surface area (Å²) in [6.45, 7) is 9.10. The molecule has 0 spiro atoms. The van der Waals surface area contributed by atoms with Gasteiger partial charge in [0.25, 0.3) is 0 Å². The van der Waals surface area contributed by atoms with E-state index in [1.807, 2.05) is 13.8 Å². The second kappa shape index (κ2) is 8.06. The van der Waals surface area contributed by atoms with Crippen molar-refractivity contribution in [2.24, 2.45) is 11.7 Å². The van der Waals surface area contributed by atoms with Gasteiger partial charge < -0.3 is 5.73 Å². The van der Waals surface area contributed by atoms with Gasteiger partial charge in [0.1, 0.15) is 0 Å². The zero-order valence-electron chi connectivity index (χ0n) is 11.6. The number of sulfonamides is 1. The first-order chi connectivity index (χ1) is 7.92. The number of rotatable bonds is 9. The van der Waals surface area contributed by atoms with Crippen LogP contribution < -0.4 is 5.73 Å². The highest BCUT2D eigenvalue weighted by molar-refractivity contribution is 7.89. The van der Waals surface area contributed by atoms with Crippen molar-refractivity contribution in [1.29, 1.82) is 0 Å². The molecule has 0 rings (SSSR count). The second-order valence-electron chi connectivity index (χ2n) is 4.51. The lowest BCUT2D eigenvalue weighted by Crippen LogP contribution is -2.43. The molecule has 2 N–H and O–H groups in total. The van der Waals surface area contributed by atoms with E-state index in [1.165, 1.54) is 4.31 Å². The summed E-state index contributed by atoms with van der Waals surface area (Å²) in [4.78, 5) is 0. The Hall–Kier alpha value is -0.130. The summed E-state index contributed by atoms with van der Waals surface area (Å²) in [5.41, 5.74) is 6.01. The van der Waals surface area contributed by atoms with Crippen molar-refractivity contribution in [3.05, 3.63) is 0 Å². The largest absolute Gasteiger partial charge is 0.326 e. The van der Waals surface area contributed by atoms with Crippen LogP contribution in [0.4, 0.5) is 0 Å². The van der Waals surface area contributed by atoms with Crippen LogP contribution in [-0.2, 0) is 10.0 Å². The Balaban J connectivity index is 4.62. The van der Waals surface area contributed by atoms with Crippen molar-refractivity contribution in [3.63, 3.8) is 0 Å². The lowest BCUT2D eigenvalue weighted by atomic mass is 9.96. The van der Waals surface area contributed by atoms with Crippen LogP contribution in [0.3, 0.4) is 0 Å². The van der Waals surface area contributed by atoms with Gasteiger partial charge in [-0.2, -0.15) is 0 Å². The maximum absolute atomic E-state index is 12.1. The quantitative estimate of drug-likeness (QED) is 0.691. The van der Waals surface area contributed by atoms with Crippen LogP contribution in [0.15, 0.2) is 0 Å². The Morgan fingerprint density at radius 1 is 1.12 bits per heavy atom. The molecule has 0 amide bonds. The summed E-state index contributed by atoms with van der Waals surface area (Å²) in [5.74, 6) is 0.373. The molecule has 17 heavy (non-hydrogen) atoms. The van der Waals surface area contributed by atoms with E-state index < -0.39 is 10.0 Å². The summed E-state index contributed by atoms with van der Waals surface area (Å²) < 4.78 is 25.8. The molecule has 4 nitrogen and oxygen atoms in total. The van der Waals surface area contributed by atoms with Gasteiger partial charge in [0.15, 0.2) is 0 Å². The van der Waals surface area contributed by atoms with E-state index >= 15 is 0 Å². The van der Waals surface area contributed by atoms with Crippen molar-refractivity contribution in [2.45, 2.75) is 53.0 Å². The highest BCUT2D eigenvalue weighted by atomic mass is 32.2. The molecule has 0 saturated carbocycles. The highest BCUT2D eigenvalue weighted by Crippen LogP contribution is 2.15. The van der Waals surface area contributed by atoms with Gasteiger partial charge in [0, 0.05) is 19.1 Å². The highest BCUT2D eigenvalue weighted by Gasteiger charge is 2.26. The molecule has 0 aromatic rings. The lowest BCUT2D eigenvalue weighted by molar-refractivity contribution is 0.392. The molecule has 0 aliphatic rings. The van der Waals surface area contributed by atoms with Crippen LogP contribution in [-0.4, -0.2) is 37.6 Å². The summed E-state index contributed by atoms with van der Waals surface area (Å²) in [6.07, 6.45) is 2.72.